The number of methoxy groups -OCH3 is 2. The molecule has 0 fully saturated rings. The van der Waals surface area contributed by atoms with Crippen molar-refractivity contribution in [2.75, 3.05) is 18.9 Å². The number of hydrogen-bond donors (Lipinski definition) is 1. The molecule has 2 aromatic carbocycles. The van der Waals surface area contributed by atoms with Crippen LogP contribution in [-0.4, -0.2) is 32.4 Å². The van der Waals surface area contributed by atoms with Crippen molar-refractivity contribution in [1.29, 1.82) is 0 Å². The number of benzene rings is 2. The van der Waals surface area contributed by atoms with Crippen LogP contribution in [0.1, 0.15) is 22.5 Å². The summed E-state index contributed by atoms with van der Waals surface area (Å²) in [4.78, 5) is 0.00445. The van der Waals surface area contributed by atoms with Gasteiger partial charge in [0.25, 0.3) is 10.0 Å². The normalized spacial score (nSPS) is 11.3. The Labute approximate surface area is 171 Å². The van der Waals surface area contributed by atoms with Crippen molar-refractivity contribution in [2.45, 2.75) is 32.2 Å². The zero-order valence-electron chi connectivity index (χ0n) is 17.2. The molecule has 0 atom stereocenters. The summed E-state index contributed by atoms with van der Waals surface area (Å²) in [6, 6.07) is 12.7. The number of hydrogen-bond acceptors (Lipinski definition) is 5. The molecule has 8 heteroatoms. The Balaban J connectivity index is 1.96. The van der Waals surface area contributed by atoms with Gasteiger partial charge in [-0.25, -0.2) is 8.42 Å². The SMILES string of the molecule is COc1ccc(OC)c(S(=O)(=O)Nc2c(C)nn(Cc3ccccc3C)c2C)c1. The summed E-state index contributed by atoms with van der Waals surface area (Å²) in [5.74, 6) is 0.663. The topological polar surface area (TPSA) is 82.4 Å². The highest BCUT2D eigenvalue weighted by Crippen LogP contribution is 2.31. The van der Waals surface area contributed by atoms with E-state index in [1.165, 1.54) is 20.3 Å². The number of ether oxygens (including phenoxy) is 2. The molecule has 3 aromatic rings. The van der Waals surface area contributed by atoms with Gasteiger partial charge in [0.2, 0.25) is 0 Å². The molecule has 0 aliphatic carbocycles. The first-order valence-corrected chi connectivity index (χ1v) is 10.6. The summed E-state index contributed by atoms with van der Waals surface area (Å²) < 4.78 is 41.1. The molecule has 1 N–H and O–H groups in total. The molecule has 0 bridgehead atoms. The summed E-state index contributed by atoms with van der Waals surface area (Å²) in [5, 5.41) is 4.53. The number of nitrogens with zero attached hydrogens (tertiary/aromatic N) is 2. The molecule has 7 nitrogen and oxygen atoms in total. The van der Waals surface area contributed by atoms with Crippen molar-refractivity contribution in [3.63, 3.8) is 0 Å². The molecular formula is C21H25N3O4S. The van der Waals surface area contributed by atoms with Crippen LogP contribution in [0.3, 0.4) is 0 Å². The van der Waals surface area contributed by atoms with Crippen LogP contribution in [0.15, 0.2) is 47.4 Å². The van der Waals surface area contributed by atoms with E-state index in [9.17, 15) is 8.42 Å². The first kappa shape index (κ1) is 20.7. The Morgan fingerprint density at radius 1 is 1.03 bits per heavy atom. The minimum absolute atomic E-state index is 0.00445. The van der Waals surface area contributed by atoms with Crippen molar-refractivity contribution in [2.24, 2.45) is 0 Å². The first-order chi connectivity index (χ1) is 13.8. The van der Waals surface area contributed by atoms with Gasteiger partial charge in [-0.15, -0.1) is 0 Å². The van der Waals surface area contributed by atoms with Crippen molar-refractivity contribution in [3.05, 3.63) is 65.0 Å². The monoisotopic (exact) mass is 415 g/mol. The van der Waals surface area contributed by atoms with Gasteiger partial charge in [0.05, 0.1) is 37.8 Å². The van der Waals surface area contributed by atoms with E-state index < -0.39 is 10.0 Å². The molecule has 0 spiro atoms. The van der Waals surface area contributed by atoms with Gasteiger partial charge in [0.15, 0.2) is 0 Å². The Morgan fingerprint density at radius 2 is 1.76 bits per heavy atom. The van der Waals surface area contributed by atoms with E-state index in [4.69, 9.17) is 9.47 Å². The fourth-order valence-corrected chi connectivity index (χ4v) is 4.49. The van der Waals surface area contributed by atoms with Crippen LogP contribution >= 0.6 is 0 Å². The lowest BCUT2D eigenvalue weighted by Gasteiger charge is -2.13. The molecule has 1 aromatic heterocycles. The molecule has 0 unspecified atom stereocenters. The summed E-state index contributed by atoms with van der Waals surface area (Å²) in [6.45, 7) is 6.23. The van der Waals surface area contributed by atoms with Gasteiger partial charge in [0.1, 0.15) is 16.4 Å². The minimum Gasteiger partial charge on any atom is -0.497 e. The molecule has 0 amide bonds. The van der Waals surface area contributed by atoms with Gasteiger partial charge in [-0.2, -0.15) is 5.10 Å². The largest absolute Gasteiger partial charge is 0.497 e. The predicted molar refractivity (Wildman–Crippen MR) is 112 cm³/mol. The highest BCUT2D eigenvalue weighted by molar-refractivity contribution is 7.92. The van der Waals surface area contributed by atoms with Gasteiger partial charge >= 0.3 is 0 Å². The molecule has 0 aliphatic rings. The average molecular weight is 416 g/mol. The zero-order chi connectivity index (χ0) is 21.2. The second-order valence-electron chi connectivity index (χ2n) is 6.75. The van der Waals surface area contributed by atoms with E-state index in [1.807, 2.05) is 38.1 Å². The van der Waals surface area contributed by atoms with Crippen LogP contribution in [0.5, 0.6) is 11.5 Å². The maximum Gasteiger partial charge on any atom is 0.265 e. The number of aromatic nitrogens is 2. The fraction of sp³-hybridized carbons (Fsp3) is 0.286. The van der Waals surface area contributed by atoms with Crippen molar-refractivity contribution >= 4 is 15.7 Å². The molecule has 1 heterocycles. The van der Waals surface area contributed by atoms with E-state index in [-0.39, 0.29) is 10.6 Å². The van der Waals surface area contributed by atoms with Crippen LogP contribution in [0.2, 0.25) is 0 Å². The second kappa shape index (κ2) is 8.16. The minimum atomic E-state index is -3.91. The van der Waals surface area contributed by atoms with Gasteiger partial charge in [0, 0.05) is 6.07 Å². The number of sulfonamides is 1. The van der Waals surface area contributed by atoms with Crippen molar-refractivity contribution < 1.29 is 17.9 Å². The molecule has 0 saturated carbocycles. The van der Waals surface area contributed by atoms with Crippen LogP contribution in [-0.2, 0) is 16.6 Å². The Bertz CT molecular complexity index is 1140. The van der Waals surface area contributed by atoms with E-state index in [0.717, 1.165) is 16.8 Å². The Kier molecular flexibility index (Phi) is 5.83. The van der Waals surface area contributed by atoms with E-state index in [2.05, 4.69) is 9.82 Å². The van der Waals surface area contributed by atoms with E-state index in [1.54, 1.807) is 23.7 Å². The molecule has 29 heavy (non-hydrogen) atoms. The Morgan fingerprint density at radius 3 is 2.41 bits per heavy atom. The molecule has 154 valence electrons. The van der Waals surface area contributed by atoms with Gasteiger partial charge in [-0.05, 0) is 44.0 Å². The zero-order valence-corrected chi connectivity index (χ0v) is 18.0. The lowest BCUT2D eigenvalue weighted by atomic mass is 10.1. The van der Waals surface area contributed by atoms with Crippen LogP contribution in [0.25, 0.3) is 0 Å². The first-order valence-electron chi connectivity index (χ1n) is 9.10. The summed E-state index contributed by atoms with van der Waals surface area (Å²) in [6.07, 6.45) is 0. The summed E-state index contributed by atoms with van der Waals surface area (Å²) >= 11 is 0. The molecule has 0 radical (unpaired) electrons. The van der Waals surface area contributed by atoms with Crippen molar-refractivity contribution in [1.82, 2.24) is 9.78 Å². The van der Waals surface area contributed by atoms with Crippen LogP contribution in [0.4, 0.5) is 5.69 Å². The standard InChI is InChI=1S/C21H25N3O4S/c1-14-8-6-7-9-17(14)13-24-16(3)21(15(2)22-24)23-29(25,26)20-12-18(27-4)10-11-19(20)28-5/h6-12,23H,13H2,1-5H3. The predicted octanol–water partition coefficient (Wildman–Crippen LogP) is 3.67. The number of nitrogens with one attached hydrogen (secondary N) is 1. The third-order valence-corrected chi connectivity index (χ3v) is 6.23. The smallest absolute Gasteiger partial charge is 0.265 e. The summed E-state index contributed by atoms with van der Waals surface area (Å²) in [7, 11) is -1.000. The lowest BCUT2D eigenvalue weighted by molar-refractivity contribution is 0.392. The third-order valence-electron chi connectivity index (χ3n) is 4.86. The van der Waals surface area contributed by atoms with E-state index in [0.29, 0.717) is 23.7 Å². The second-order valence-corrected chi connectivity index (χ2v) is 8.40. The van der Waals surface area contributed by atoms with Crippen molar-refractivity contribution in [3.8, 4) is 11.5 Å². The number of rotatable bonds is 7. The highest BCUT2D eigenvalue weighted by Gasteiger charge is 2.24. The summed E-state index contributed by atoms with van der Waals surface area (Å²) in [5.41, 5.74) is 4.08. The maximum absolute atomic E-state index is 13.1. The third kappa shape index (κ3) is 4.22. The van der Waals surface area contributed by atoms with Gasteiger partial charge < -0.3 is 9.47 Å². The van der Waals surface area contributed by atoms with Crippen LogP contribution in [0, 0.1) is 20.8 Å². The molecule has 0 saturated heterocycles. The average Bonchev–Trinajstić information content (AvgIpc) is 2.96. The highest BCUT2D eigenvalue weighted by atomic mass is 32.2. The fourth-order valence-electron chi connectivity index (χ4n) is 3.13. The Hall–Kier alpha value is -3.00. The maximum atomic E-state index is 13.1. The van der Waals surface area contributed by atoms with Gasteiger partial charge in [-0.3, -0.25) is 9.40 Å². The lowest BCUT2D eigenvalue weighted by Crippen LogP contribution is -2.15. The van der Waals surface area contributed by atoms with Gasteiger partial charge in [-0.1, -0.05) is 24.3 Å². The number of anilines is 1. The molecular weight excluding hydrogens is 390 g/mol. The molecule has 3 rings (SSSR count). The van der Waals surface area contributed by atoms with E-state index >= 15 is 0 Å². The quantitative estimate of drug-likeness (QED) is 0.637. The number of aryl methyl sites for hydroxylation is 2. The van der Waals surface area contributed by atoms with Crippen LogP contribution < -0.4 is 14.2 Å². The molecule has 0 aliphatic heterocycles.